The largest absolute Gasteiger partial charge is 0.374 e. The monoisotopic (exact) mass is 315 g/mol. The van der Waals surface area contributed by atoms with Crippen molar-refractivity contribution in [2.45, 2.75) is 12.5 Å². The van der Waals surface area contributed by atoms with E-state index in [1.54, 1.807) is 34.0 Å². The van der Waals surface area contributed by atoms with Gasteiger partial charge in [0.1, 0.15) is 12.1 Å². The number of hydrogen-bond acceptors (Lipinski definition) is 4. The first-order valence-electron chi connectivity index (χ1n) is 6.84. The molecular formula is C15H14ClN5O. The second-order valence-electron chi connectivity index (χ2n) is 5.15. The van der Waals surface area contributed by atoms with E-state index in [0.717, 1.165) is 11.4 Å². The van der Waals surface area contributed by atoms with Gasteiger partial charge in [0.15, 0.2) is 0 Å². The summed E-state index contributed by atoms with van der Waals surface area (Å²) < 4.78 is 1.67. The summed E-state index contributed by atoms with van der Waals surface area (Å²) in [5, 5.41) is 16.5. The van der Waals surface area contributed by atoms with Crippen LogP contribution in [0.15, 0.2) is 30.6 Å². The van der Waals surface area contributed by atoms with Gasteiger partial charge in [0.25, 0.3) is 0 Å². The molecule has 7 heteroatoms. The molecule has 1 aliphatic rings. The first-order valence-corrected chi connectivity index (χ1v) is 7.22. The van der Waals surface area contributed by atoms with Crippen LogP contribution >= 0.6 is 11.6 Å². The lowest BCUT2D eigenvalue weighted by molar-refractivity contribution is -0.117. The minimum absolute atomic E-state index is 0.00785. The molecule has 1 unspecified atom stereocenters. The molecule has 112 valence electrons. The van der Waals surface area contributed by atoms with Gasteiger partial charge in [0.05, 0.1) is 22.5 Å². The number of aryl methyl sites for hydroxylation is 1. The molecule has 6 nitrogen and oxygen atoms in total. The molecule has 0 aliphatic carbocycles. The Balaban J connectivity index is 1.73. The van der Waals surface area contributed by atoms with E-state index in [1.165, 1.54) is 0 Å². The molecule has 1 aliphatic heterocycles. The number of nitriles is 1. The molecule has 1 N–H and O–H groups in total. The van der Waals surface area contributed by atoms with Crippen LogP contribution in [-0.2, 0) is 11.8 Å². The van der Waals surface area contributed by atoms with Gasteiger partial charge >= 0.3 is 0 Å². The summed E-state index contributed by atoms with van der Waals surface area (Å²) in [5.41, 5.74) is 1.95. The van der Waals surface area contributed by atoms with E-state index >= 15 is 0 Å². The second kappa shape index (κ2) is 5.70. The third-order valence-electron chi connectivity index (χ3n) is 3.64. The molecule has 1 atom stereocenters. The average Bonchev–Trinajstić information content (AvgIpc) is 3.06. The Morgan fingerprint density at radius 3 is 2.95 bits per heavy atom. The summed E-state index contributed by atoms with van der Waals surface area (Å²) in [6.07, 6.45) is 4.20. The third-order valence-corrected chi connectivity index (χ3v) is 3.95. The fraction of sp³-hybridized carbons (Fsp3) is 0.267. The molecule has 0 radical (unpaired) electrons. The van der Waals surface area contributed by atoms with Gasteiger partial charge in [-0.2, -0.15) is 10.4 Å². The van der Waals surface area contributed by atoms with E-state index in [4.69, 9.17) is 16.9 Å². The normalized spacial score (nSPS) is 17.6. The van der Waals surface area contributed by atoms with Gasteiger partial charge in [0, 0.05) is 25.5 Å². The molecule has 2 aromatic rings. The minimum atomic E-state index is -0.302. The molecule has 1 saturated heterocycles. The number of benzene rings is 1. The maximum Gasteiger partial charge on any atom is 0.249 e. The number of anilines is 2. The van der Waals surface area contributed by atoms with Crippen LogP contribution in [0.4, 0.5) is 11.4 Å². The van der Waals surface area contributed by atoms with Crippen molar-refractivity contribution in [3.8, 4) is 6.07 Å². The fourth-order valence-corrected chi connectivity index (χ4v) is 2.74. The Kier molecular flexibility index (Phi) is 3.73. The van der Waals surface area contributed by atoms with Crippen molar-refractivity contribution in [1.82, 2.24) is 9.78 Å². The van der Waals surface area contributed by atoms with Crippen molar-refractivity contribution in [3.05, 3.63) is 41.2 Å². The van der Waals surface area contributed by atoms with Gasteiger partial charge in [-0.25, -0.2) is 0 Å². The predicted octanol–water partition coefficient (Wildman–Crippen LogP) is 2.16. The number of hydrogen-bond donors (Lipinski definition) is 1. The van der Waals surface area contributed by atoms with Crippen LogP contribution in [-0.4, -0.2) is 28.3 Å². The Labute approximate surface area is 132 Å². The lowest BCUT2D eigenvalue weighted by atomic mass is 10.2. The number of amides is 1. The number of nitrogens with one attached hydrogen (secondary N) is 1. The molecule has 0 bridgehead atoms. The molecular weight excluding hydrogens is 302 g/mol. The Bertz CT molecular complexity index is 764. The fourth-order valence-electron chi connectivity index (χ4n) is 2.51. The zero-order valence-electron chi connectivity index (χ0n) is 12.0. The molecule has 0 spiro atoms. The van der Waals surface area contributed by atoms with Crippen LogP contribution < -0.4 is 10.2 Å². The van der Waals surface area contributed by atoms with E-state index in [0.29, 0.717) is 23.6 Å². The van der Waals surface area contributed by atoms with Gasteiger partial charge < -0.3 is 10.2 Å². The standard InChI is InChI=1S/C15H14ClN5O/c1-20-9-12(8-18-20)21-5-4-14(15(21)22)19-11-3-2-10(7-17)13(16)6-11/h2-3,6,8-9,14,19H,4-5H2,1H3. The zero-order chi connectivity index (χ0) is 15.7. The highest BCUT2D eigenvalue weighted by Gasteiger charge is 2.33. The van der Waals surface area contributed by atoms with Gasteiger partial charge in [-0.3, -0.25) is 9.48 Å². The van der Waals surface area contributed by atoms with Crippen LogP contribution in [0.3, 0.4) is 0 Å². The molecule has 1 aromatic heterocycles. The van der Waals surface area contributed by atoms with Gasteiger partial charge in [0.2, 0.25) is 5.91 Å². The van der Waals surface area contributed by atoms with Gasteiger partial charge in [-0.15, -0.1) is 0 Å². The predicted molar refractivity (Wildman–Crippen MR) is 83.8 cm³/mol. The quantitative estimate of drug-likeness (QED) is 0.942. The number of nitrogens with zero attached hydrogens (tertiary/aromatic N) is 4. The summed E-state index contributed by atoms with van der Waals surface area (Å²) in [7, 11) is 1.82. The first-order chi connectivity index (χ1) is 10.6. The summed E-state index contributed by atoms with van der Waals surface area (Å²) in [6, 6.07) is 6.77. The Morgan fingerprint density at radius 1 is 1.50 bits per heavy atom. The summed E-state index contributed by atoms with van der Waals surface area (Å²) in [4.78, 5) is 14.2. The molecule has 2 heterocycles. The summed E-state index contributed by atoms with van der Waals surface area (Å²) >= 11 is 6.01. The summed E-state index contributed by atoms with van der Waals surface area (Å²) in [6.45, 7) is 0.645. The van der Waals surface area contributed by atoms with Gasteiger partial charge in [-0.05, 0) is 24.6 Å². The van der Waals surface area contributed by atoms with Crippen molar-refractivity contribution in [3.63, 3.8) is 0 Å². The topological polar surface area (TPSA) is 73.9 Å². The average molecular weight is 316 g/mol. The molecule has 1 amide bonds. The molecule has 1 aromatic carbocycles. The number of rotatable bonds is 3. The first kappa shape index (κ1) is 14.4. The third kappa shape index (κ3) is 2.63. The number of carbonyl (C=O) groups is 1. The van der Waals surface area contributed by atoms with E-state index in [2.05, 4.69) is 10.4 Å². The highest BCUT2D eigenvalue weighted by Crippen LogP contribution is 2.25. The van der Waals surface area contributed by atoms with E-state index in [1.807, 2.05) is 19.3 Å². The van der Waals surface area contributed by atoms with Crippen molar-refractivity contribution in [2.75, 3.05) is 16.8 Å². The van der Waals surface area contributed by atoms with Crippen molar-refractivity contribution >= 4 is 28.9 Å². The van der Waals surface area contributed by atoms with Crippen molar-refractivity contribution in [2.24, 2.45) is 7.05 Å². The molecule has 1 fully saturated rings. The SMILES string of the molecule is Cn1cc(N2CCC(Nc3ccc(C#N)c(Cl)c3)C2=O)cn1. The number of halogens is 1. The lowest BCUT2D eigenvalue weighted by Crippen LogP contribution is -2.33. The van der Waals surface area contributed by atoms with E-state index in [-0.39, 0.29) is 11.9 Å². The van der Waals surface area contributed by atoms with E-state index in [9.17, 15) is 4.79 Å². The van der Waals surface area contributed by atoms with Crippen LogP contribution in [0, 0.1) is 11.3 Å². The van der Waals surface area contributed by atoms with Crippen molar-refractivity contribution in [1.29, 1.82) is 5.26 Å². The van der Waals surface area contributed by atoms with Crippen LogP contribution in [0.1, 0.15) is 12.0 Å². The maximum atomic E-state index is 12.5. The lowest BCUT2D eigenvalue weighted by Gasteiger charge is -2.16. The molecule has 0 saturated carbocycles. The maximum absolute atomic E-state index is 12.5. The molecule has 3 rings (SSSR count). The van der Waals surface area contributed by atoms with E-state index < -0.39 is 0 Å². The minimum Gasteiger partial charge on any atom is -0.374 e. The Morgan fingerprint density at radius 2 is 2.32 bits per heavy atom. The smallest absolute Gasteiger partial charge is 0.249 e. The van der Waals surface area contributed by atoms with Crippen molar-refractivity contribution < 1.29 is 4.79 Å². The number of carbonyl (C=O) groups excluding carboxylic acids is 1. The second-order valence-corrected chi connectivity index (χ2v) is 5.56. The number of aromatic nitrogens is 2. The molecule has 22 heavy (non-hydrogen) atoms. The van der Waals surface area contributed by atoms with Crippen LogP contribution in [0.25, 0.3) is 0 Å². The summed E-state index contributed by atoms with van der Waals surface area (Å²) in [5.74, 6) is 0.00785. The highest BCUT2D eigenvalue weighted by molar-refractivity contribution is 6.32. The zero-order valence-corrected chi connectivity index (χ0v) is 12.7. The highest BCUT2D eigenvalue weighted by atomic mass is 35.5. The van der Waals surface area contributed by atoms with Gasteiger partial charge in [-0.1, -0.05) is 11.6 Å². The van der Waals surface area contributed by atoms with Crippen LogP contribution in [0.5, 0.6) is 0 Å². The van der Waals surface area contributed by atoms with Crippen LogP contribution in [0.2, 0.25) is 5.02 Å². The Hall–Kier alpha value is -2.52.